The molecular formula is C13H16N2O2. The third kappa shape index (κ3) is 1.73. The van der Waals surface area contributed by atoms with Crippen molar-refractivity contribution in [3.8, 4) is 0 Å². The summed E-state index contributed by atoms with van der Waals surface area (Å²) >= 11 is 0. The van der Waals surface area contributed by atoms with E-state index in [2.05, 4.69) is 5.16 Å². The summed E-state index contributed by atoms with van der Waals surface area (Å²) in [5, 5.41) is 14.0. The van der Waals surface area contributed by atoms with E-state index in [0.717, 1.165) is 17.7 Å². The van der Waals surface area contributed by atoms with Crippen molar-refractivity contribution < 1.29 is 9.94 Å². The summed E-state index contributed by atoms with van der Waals surface area (Å²) in [7, 11) is 0. The Bertz CT molecular complexity index is 432. The highest BCUT2D eigenvalue weighted by molar-refractivity contribution is 6.03. The van der Waals surface area contributed by atoms with E-state index in [4.69, 9.17) is 10.6 Å². The van der Waals surface area contributed by atoms with Crippen molar-refractivity contribution in [3.05, 3.63) is 35.9 Å². The highest BCUT2D eigenvalue weighted by Gasteiger charge is 2.46. The van der Waals surface area contributed by atoms with Crippen molar-refractivity contribution in [2.75, 3.05) is 0 Å². The summed E-state index contributed by atoms with van der Waals surface area (Å²) < 4.78 is 0. The molecule has 1 fully saturated rings. The number of aliphatic hydroxyl groups excluding tert-OH is 1. The molecule has 0 saturated heterocycles. The molecule has 0 amide bonds. The fourth-order valence-corrected chi connectivity index (χ4v) is 2.72. The van der Waals surface area contributed by atoms with E-state index in [1.54, 1.807) is 0 Å². The van der Waals surface area contributed by atoms with Gasteiger partial charge in [0.15, 0.2) is 6.10 Å². The van der Waals surface area contributed by atoms with Gasteiger partial charge in [0, 0.05) is 6.04 Å². The summed E-state index contributed by atoms with van der Waals surface area (Å²) in [4.78, 5) is 5.36. The van der Waals surface area contributed by atoms with Crippen LogP contribution in [0.2, 0.25) is 0 Å². The number of fused-ring (bicyclic) bond motifs is 1. The normalized spacial score (nSPS) is 36.0. The molecule has 1 heterocycles. The smallest absolute Gasteiger partial charge is 0.163 e. The number of nitrogens with zero attached hydrogens (tertiary/aromatic N) is 1. The van der Waals surface area contributed by atoms with Crippen molar-refractivity contribution in [1.29, 1.82) is 0 Å². The van der Waals surface area contributed by atoms with E-state index in [1.807, 2.05) is 30.3 Å². The Morgan fingerprint density at radius 1 is 1.24 bits per heavy atom. The van der Waals surface area contributed by atoms with Crippen LogP contribution in [-0.4, -0.2) is 29.1 Å². The lowest BCUT2D eigenvalue weighted by Gasteiger charge is -2.33. The van der Waals surface area contributed by atoms with Crippen LogP contribution in [0.5, 0.6) is 0 Å². The van der Waals surface area contributed by atoms with Gasteiger partial charge in [-0.1, -0.05) is 35.5 Å². The number of aliphatic hydroxyl groups is 1. The Kier molecular flexibility index (Phi) is 2.61. The molecule has 1 aromatic rings. The summed E-state index contributed by atoms with van der Waals surface area (Å²) in [6, 6.07) is 9.92. The van der Waals surface area contributed by atoms with E-state index in [1.165, 1.54) is 0 Å². The quantitative estimate of drug-likeness (QED) is 0.755. The Hall–Kier alpha value is -1.39. The van der Waals surface area contributed by atoms with Gasteiger partial charge in [0.25, 0.3) is 0 Å². The topological polar surface area (TPSA) is 67.8 Å². The zero-order chi connectivity index (χ0) is 11.8. The molecule has 4 heteroatoms. The number of rotatable bonds is 1. The molecule has 90 valence electrons. The number of oxime groups is 1. The Labute approximate surface area is 100 Å². The van der Waals surface area contributed by atoms with Crippen LogP contribution < -0.4 is 5.73 Å². The molecule has 3 rings (SSSR count). The Morgan fingerprint density at radius 2 is 2.00 bits per heavy atom. The maximum Gasteiger partial charge on any atom is 0.163 e. The highest BCUT2D eigenvalue weighted by Crippen LogP contribution is 2.34. The van der Waals surface area contributed by atoms with Gasteiger partial charge in [0.1, 0.15) is 0 Å². The SMILES string of the molecule is N[C@H]1CC[C@@H](O)[C@@H]2ON=C(c3ccccc3)[C@@H]21. The van der Waals surface area contributed by atoms with Crippen molar-refractivity contribution >= 4 is 5.71 Å². The van der Waals surface area contributed by atoms with E-state index >= 15 is 0 Å². The first-order valence-corrected chi connectivity index (χ1v) is 6.00. The summed E-state index contributed by atoms with van der Waals surface area (Å²) in [5.41, 5.74) is 8.05. The van der Waals surface area contributed by atoms with E-state index in [-0.39, 0.29) is 18.1 Å². The average molecular weight is 232 g/mol. The van der Waals surface area contributed by atoms with Gasteiger partial charge >= 0.3 is 0 Å². The van der Waals surface area contributed by atoms with Gasteiger partial charge in [-0.25, -0.2) is 0 Å². The number of benzene rings is 1. The maximum atomic E-state index is 9.91. The summed E-state index contributed by atoms with van der Waals surface area (Å²) in [6.07, 6.45) is 0.788. The van der Waals surface area contributed by atoms with Crippen LogP contribution >= 0.6 is 0 Å². The van der Waals surface area contributed by atoms with Gasteiger partial charge in [-0.3, -0.25) is 0 Å². The standard InChI is InChI=1S/C13H16N2O2/c14-9-6-7-10(16)13-11(9)12(15-17-13)8-4-2-1-3-5-8/h1-5,9-11,13,16H,6-7,14H2/t9-,10+,11-,13-/m0/s1. The summed E-state index contributed by atoms with van der Waals surface area (Å²) in [5.74, 6) is 0.0150. The average Bonchev–Trinajstić information content (AvgIpc) is 2.81. The van der Waals surface area contributed by atoms with Gasteiger partial charge in [-0.2, -0.15) is 0 Å². The van der Waals surface area contributed by atoms with Crippen molar-refractivity contribution in [2.45, 2.75) is 31.1 Å². The molecule has 4 atom stereocenters. The molecule has 0 bridgehead atoms. The molecule has 0 unspecified atom stereocenters. The molecule has 2 aliphatic rings. The molecule has 3 N–H and O–H groups in total. The zero-order valence-electron chi connectivity index (χ0n) is 9.49. The second kappa shape index (κ2) is 4.13. The first-order valence-electron chi connectivity index (χ1n) is 6.00. The van der Waals surface area contributed by atoms with Gasteiger partial charge in [-0.15, -0.1) is 0 Å². The van der Waals surface area contributed by atoms with Gasteiger partial charge in [0.2, 0.25) is 0 Å². The van der Waals surface area contributed by atoms with Gasteiger partial charge in [-0.05, 0) is 18.4 Å². The zero-order valence-corrected chi connectivity index (χ0v) is 9.49. The fourth-order valence-electron chi connectivity index (χ4n) is 2.72. The van der Waals surface area contributed by atoms with E-state index in [0.29, 0.717) is 6.42 Å². The van der Waals surface area contributed by atoms with Crippen LogP contribution in [0.4, 0.5) is 0 Å². The highest BCUT2D eigenvalue weighted by atomic mass is 16.7. The van der Waals surface area contributed by atoms with Crippen LogP contribution in [0, 0.1) is 5.92 Å². The Morgan fingerprint density at radius 3 is 2.76 bits per heavy atom. The maximum absolute atomic E-state index is 9.91. The molecule has 1 saturated carbocycles. The monoisotopic (exact) mass is 232 g/mol. The summed E-state index contributed by atoms with van der Waals surface area (Å²) in [6.45, 7) is 0. The molecular weight excluding hydrogens is 216 g/mol. The minimum atomic E-state index is -0.454. The first-order chi connectivity index (χ1) is 8.27. The molecule has 17 heavy (non-hydrogen) atoms. The number of hydrogen-bond acceptors (Lipinski definition) is 4. The van der Waals surface area contributed by atoms with Gasteiger partial charge < -0.3 is 15.7 Å². The van der Waals surface area contributed by atoms with E-state index < -0.39 is 6.10 Å². The molecule has 1 aromatic carbocycles. The molecule has 0 aromatic heterocycles. The lowest BCUT2D eigenvalue weighted by molar-refractivity contribution is -0.0596. The van der Waals surface area contributed by atoms with Crippen LogP contribution in [0.3, 0.4) is 0 Å². The van der Waals surface area contributed by atoms with Crippen molar-refractivity contribution in [3.63, 3.8) is 0 Å². The lowest BCUT2D eigenvalue weighted by atomic mass is 9.77. The van der Waals surface area contributed by atoms with Crippen LogP contribution in [-0.2, 0) is 4.84 Å². The number of hydrogen-bond donors (Lipinski definition) is 2. The lowest BCUT2D eigenvalue weighted by Crippen LogP contribution is -2.50. The van der Waals surface area contributed by atoms with Crippen molar-refractivity contribution in [1.82, 2.24) is 0 Å². The molecule has 4 nitrogen and oxygen atoms in total. The first kappa shape index (κ1) is 10.7. The van der Waals surface area contributed by atoms with Crippen LogP contribution in [0.1, 0.15) is 18.4 Å². The van der Waals surface area contributed by atoms with Crippen LogP contribution in [0.25, 0.3) is 0 Å². The molecule has 0 spiro atoms. The second-order valence-corrected chi connectivity index (χ2v) is 4.75. The predicted molar refractivity (Wildman–Crippen MR) is 64.6 cm³/mol. The Balaban J connectivity index is 1.92. The minimum absolute atomic E-state index is 0.0150. The number of nitrogens with two attached hydrogens (primary N) is 1. The fraction of sp³-hybridized carbons (Fsp3) is 0.462. The minimum Gasteiger partial charge on any atom is -0.389 e. The molecule has 1 aliphatic carbocycles. The third-order valence-electron chi connectivity index (χ3n) is 3.65. The molecule has 1 aliphatic heterocycles. The van der Waals surface area contributed by atoms with E-state index in [9.17, 15) is 5.11 Å². The van der Waals surface area contributed by atoms with Gasteiger partial charge in [0.05, 0.1) is 17.7 Å². The molecule has 0 radical (unpaired) electrons. The van der Waals surface area contributed by atoms with Crippen LogP contribution in [0.15, 0.2) is 35.5 Å². The van der Waals surface area contributed by atoms with Crippen molar-refractivity contribution in [2.24, 2.45) is 16.8 Å². The third-order valence-corrected chi connectivity index (χ3v) is 3.65. The predicted octanol–water partition coefficient (Wildman–Crippen LogP) is 0.888. The largest absolute Gasteiger partial charge is 0.389 e. The second-order valence-electron chi connectivity index (χ2n) is 4.75.